The van der Waals surface area contributed by atoms with Crippen LogP contribution >= 0.6 is 22.9 Å². The van der Waals surface area contributed by atoms with Gasteiger partial charge in [0.25, 0.3) is 0 Å². The molecule has 0 amide bonds. The fourth-order valence-electron chi connectivity index (χ4n) is 1.66. The number of hydrogen-bond acceptors (Lipinski definition) is 3. The Labute approximate surface area is 104 Å². The maximum atomic E-state index is 6.13. The molecule has 1 unspecified atom stereocenters. The molecule has 16 heavy (non-hydrogen) atoms. The van der Waals surface area contributed by atoms with Crippen molar-refractivity contribution in [1.82, 2.24) is 15.1 Å². The highest BCUT2D eigenvalue weighted by atomic mass is 35.5. The Morgan fingerprint density at radius 1 is 1.56 bits per heavy atom. The molecule has 0 fully saturated rings. The van der Waals surface area contributed by atoms with E-state index in [0.29, 0.717) is 0 Å². The fraction of sp³-hybridized carbons (Fsp3) is 0.364. The molecule has 1 atom stereocenters. The van der Waals surface area contributed by atoms with Gasteiger partial charge in [0.2, 0.25) is 0 Å². The van der Waals surface area contributed by atoms with Crippen LogP contribution in [0.3, 0.4) is 0 Å². The lowest BCUT2D eigenvalue weighted by Crippen LogP contribution is -2.18. The van der Waals surface area contributed by atoms with Crippen molar-refractivity contribution >= 4 is 22.9 Å². The summed E-state index contributed by atoms with van der Waals surface area (Å²) in [7, 11) is 3.87. The molecule has 0 radical (unpaired) electrons. The highest BCUT2D eigenvalue weighted by Gasteiger charge is 2.15. The van der Waals surface area contributed by atoms with Crippen LogP contribution < -0.4 is 5.32 Å². The molecule has 3 nitrogen and oxygen atoms in total. The van der Waals surface area contributed by atoms with Crippen LogP contribution in [0.25, 0.3) is 0 Å². The van der Waals surface area contributed by atoms with Gasteiger partial charge in [0, 0.05) is 30.6 Å². The van der Waals surface area contributed by atoms with E-state index in [2.05, 4.69) is 10.4 Å². The minimum atomic E-state index is 0.238. The van der Waals surface area contributed by atoms with Crippen molar-refractivity contribution in [3.63, 3.8) is 0 Å². The van der Waals surface area contributed by atoms with Gasteiger partial charge >= 0.3 is 0 Å². The summed E-state index contributed by atoms with van der Waals surface area (Å²) in [6.07, 6.45) is 2.82. The number of nitrogens with zero attached hydrogens (tertiary/aromatic N) is 2. The molecular formula is C11H14ClN3S. The average Bonchev–Trinajstić information content (AvgIpc) is 2.84. The lowest BCUT2D eigenvalue weighted by molar-refractivity contribution is 0.586. The molecule has 0 bridgehead atoms. The van der Waals surface area contributed by atoms with Crippen molar-refractivity contribution in [2.75, 3.05) is 7.05 Å². The van der Waals surface area contributed by atoms with Gasteiger partial charge in [-0.1, -0.05) is 11.6 Å². The standard InChI is InChI=1S/C11H14ClN3S/c1-13-10(11-9(12)4-6-16-11)7-8-3-5-15(2)14-8/h3-6,10,13H,7H2,1-2H3. The minimum Gasteiger partial charge on any atom is -0.312 e. The summed E-state index contributed by atoms with van der Waals surface area (Å²) in [5.41, 5.74) is 1.08. The first-order chi connectivity index (χ1) is 7.70. The quantitative estimate of drug-likeness (QED) is 0.910. The number of halogens is 1. The van der Waals surface area contributed by atoms with Crippen LogP contribution in [0, 0.1) is 0 Å². The summed E-state index contributed by atoms with van der Waals surface area (Å²) in [6.45, 7) is 0. The zero-order chi connectivity index (χ0) is 11.5. The lowest BCUT2D eigenvalue weighted by Gasteiger charge is -2.13. The zero-order valence-corrected chi connectivity index (χ0v) is 10.8. The van der Waals surface area contributed by atoms with Gasteiger partial charge < -0.3 is 5.32 Å². The molecule has 0 aromatic carbocycles. The Balaban J connectivity index is 2.15. The Bertz CT molecular complexity index is 463. The average molecular weight is 256 g/mol. The third kappa shape index (κ3) is 2.45. The van der Waals surface area contributed by atoms with E-state index in [1.807, 2.05) is 42.5 Å². The number of aromatic nitrogens is 2. The first-order valence-electron chi connectivity index (χ1n) is 5.09. The predicted molar refractivity (Wildman–Crippen MR) is 68.0 cm³/mol. The van der Waals surface area contributed by atoms with Gasteiger partial charge in [0.1, 0.15) is 0 Å². The normalized spacial score (nSPS) is 12.9. The van der Waals surface area contributed by atoms with E-state index in [9.17, 15) is 0 Å². The number of aryl methyl sites for hydroxylation is 1. The second-order valence-electron chi connectivity index (χ2n) is 3.66. The lowest BCUT2D eigenvalue weighted by atomic mass is 10.1. The zero-order valence-electron chi connectivity index (χ0n) is 9.27. The van der Waals surface area contributed by atoms with Crippen LogP contribution in [0.15, 0.2) is 23.7 Å². The summed E-state index contributed by atoms with van der Waals surface area (Å²) in [6, 6.07) is 4.21. The van der Waals surface area contributed by atoms with Crippen LogP contribution in [0.1, 0.15) is 16.6 Å². The van der Waals surface area contributed by atoms with Gasteiger partial charge in [0.15, 0.2) is 0 Å². The van der Waals surface area contributed by atoms with E-state index in [0.717, 1.165) is 17.1 Å². The van der Waals surface area contributed by atoms with E-state index in [4.69, 9.17) is 11.6 Å². The van der Waals surface area contributed by atoms with Crippen molar-refractivity contribution in [2.45, 2.75) is 12.5 Å². The second kappa shape index (κ2) is 4.99. The van der Waals surface area contributed by atoms with E-state index in [-0.39, 0.29) is 6.04 Å². The minimum absolute atomic E-state index is 0.238. The number of rotatable bonds is 4. The fourth-order valence-corrected chi connectivity index (χ4v) is 2.96. The first-order valence-corrected chi connectivity index (χ1v) is 6.35. The Morgan fingerprint density at radius 2 is 2.38 bits per heavy atom. The van der Waals surface area contributed by atoms with Gasteiger partial charge in [-0.05, 0) is 24.6 Å². The van der Waals surface area contributed by atoms with Gasteiger partial charge in [-0.3, -0.25) is 4.68 Å². The predicted octanol–water partition coefficient (Wildman–Crippen LogP) is 2.64. The van der Waals surface area contributed by atoms with Gasteiger partial charge in [-0.25, -0.2) is 0 Å². The molecular weight excluding hydrogens is 242 g/mol. The molecule has 2 aromatic heterocycles. The summed E-state index contributed by atoms with van der Waals surface area (Å²) < 4.78 is 1.82. The second-order valence-corrected chi connectivity index (χ2v) is 5.01. The van der Waals surface area contributed by atoms with Crippen LogP contribution in [0.4, 0.5) is 0 Å². The first kappa shape index (κ1) is 11.6. The van der Waals surface area contributed by atoms with Crippen molar-refractivity contribution in [3.05, 3.63) is 39.3 Å². The van der Waals surface area contributed by atoms with Gasteiger partial charge in [-0.2, -0.15) is 5.10 Å². The molecule has 0 saturated heterocycles. The van der Waals surface area contributed by atoms with Gasteiger partial charge in [-0.15, -0.1) is 11.3 Å². The molecule has 86 valence electrons. The molecule has 5 heteroatoms. The molecule has 0 aliphatic carbocycles. The number of nitrogens with one attached hydrogen (secondary N) is 1. The topological polar surface area (TPSA) is 29.9 Å². The number of thiophene rings is 1. The number of likely N-dealkylation sites (N-methyl/N-ethyl adjacent to an activating group) is 1. The highest BCUT2D eigenvalue weighted by molar-refractivity contribution is 7.10. The van der Waals surface area contributed by atoms with Crippen LogP contribution in [0.2, 0.25) is 5.02 Å². The molecule has 0 aliphatic heterocycles. The van der Waals surface area contributed by atoms with Crippen molar-refractivity contribution in [1.29, 1.82) is 0 Å². The van der Waals surface area contributed by atoms with Gasteiger partial charge in [0.05, 0.1) is 10.7 Å². The molecule has 1 N–H and O–H groups in total. The van der Waals surface area contributed by atoms with Crippen molar-refractivity contribution in [3.8, 4) is 0 Å². The van der Waals surface area contributed by atoms with Crippen molar-refractivity contribution < 1.29 is 0 Å². The summed E-state index contributed by atoms with van der Waals surface area (Å²) in [5, 5.41) is 10.5. The van der Waals surface area contributed by atoms with E-state index in [1.54, 1.807) is 11.3 Å². The monoisotopic (exact) mass is 255 g/mol. The largest absolute Gasteiger partial charge is 0.312 e. The SMILES string of the molecule is CNC(Cc1ccn(C)n1)c1sccc1Cl. The molecule has 0 aliphatic rings. The number of hydrogen-bond donors (Lipinski definition) is 1. The highest BCUT2D eigenvalue weighted by Crippen LogP contribution is 2.30. The Morgan fingerprint density at radius 3 is 2.88 bits per heavy atom. The Hall–Kier alpha value is -0.840. The molecule has 2 aromatic rings. The summed E-state index contributed by atoms with van der Waals surface area (Å²) >= 11 is 7.81. The molecule has 0 saturated carbocycles. The smallest absolute Gasteiger partial charge is 0.0643 e. The van der Waals surface area contributed by atoms with Crippen LogP contribution in [-0.4, -0.2) is 16.8 Å². The Kier molecular flexibility index (Phi) is 3.63. The molecule has 2 rings (SSSR count). The van der Waals surface area contributed by atoms with Crippen molar-refractivity contribution in [2.24, 2.45) is 7.05 Å². The molecule has 2 heterocycles. The summed E-state index contributed by atoms with van der Waals surface area (Å²) in [4.78, 5) is 1.18. The third-order valence-corrected chi connectivity index (χ3v) is 3.96. The maximum Gasteiger partial charge on any atom is 0.0643 e. The van der Waals surface area contributed by atoms with Crippen LogP contribution in [0.5, 0.6) is 0 Å². The van der Waals surface area contributed by atoms with E-state index >= 15 is 0 Å². The van der Waals surface area contributed by atoms with E-state index < -0.39 is 0 Å². The van der Waals surface area contributed by atoms with Crippen LogP contribution in [-0.2, 0) is 13.5 Å². The summed E-state index contributed by atoms with van der Waals surface area (Å²) in [5.74, 6) is 0. The third-order valence-electron chi connectivity index (χ3n) is 2.49. The molecule has 0 spiro atoms. The van der Waals surface area contributed by atoms with E-state index in [1.165, 1.54) is 4.88 Å². The maximum absolute atomic E-state index is 6.13.